The van der Waals surface area contributed by atoms with Crippen molar-refractivity contribution in [2.45, 2.75) is 24.9 Å². The van der Waals surface area contributed by atoms with Crippen molar-refractivity contribution in [2.24, 2.45) is 0 Å². The molecule has 2 unspecified atom stereocenters. The summed E-state index contributed by atoms with van der Waals surface area (Å²) in [6.45, 7) is 0.516. The number of nitrogens with one attached hydrogen (secondary N) is 1. The molecule has 2 aliphatic rings. The van der Waals surface area contributed by atoms with Crippen molar-refractivity contribution in [3.8, 4) is 22.3 Å². The van der Waals surface area contributed by atoms with Gasteiger partial charge in [0.2, 0.25) is 0 Å². The minimum Gasteiger partial charge on any atom is -0.383 e. The number of aromatic nitrogens is 1. The van der Waals surface area contributed by atoms with Crippen molar-refractivity contribution in [2.75, 3.05) is 38.5 Å². The molecule has 0 spiro atoms. The summed E-state index contributed by atoms with van der Waals surface area (Å²) in [7, 11) is 0. The fourth-order valence-corrected chi connectivity index (χ4v) is 4.77. The summed E-state index contributed by atoms with van der Waals surface area (Å²) >= 11 is 0. The average Bonchev–Trinajstić information content (AvgIpc) is 2.84. The van der Waals surface area contributed by atoms with E-state index in [-0.39, 0.29) is 19.7 Å². The highest BCUT2D eigenvalue weighted by molar-refractivity contribution is 5.79. The van der Waals surface area contributed by atoms with Crippen LogP contribution in [0.15, 0.2) is 54.7 Å². The molecule has 6 nitrogen and oxygen atoms in total. The predicted molar refractivity (Wildman–Crippen MR) is 127 cm³/mol. The van der Waals surface area contributed by atoms with Gasteiger partial charge in [-0.3, -0.25) is 10.2 Å². The molecule has 5 rings (SSSR count). The minimum atomic E-state index is -4.22. The van der Waals surface area contributed by atoms with Crippen molar-refractivity contribution in [1.82, 2.24) is 15.2 Å². The van der Waals surface area contributed by atoms with E-state index in [1.807, 2.05) is 48.5 Å². The van der Waals surface area contributed by atoms with Crippen LogP contribution >= 0.6 is 0 Å². The van der Waals surface area contributed by atoms with Crippen molar-refractivity contribution < 1.29 is 23.0 Å². The molecular weight excluding hydrogens is 457 g/mol. The van der Waals surface area contributed by atoms with Gasteiger partial charge in [-0.25, -0.2) is 4.98 Å². The van der Waals surface area contributed by atoms with E-state index < -0.39 is 25.1 Å². The number of fused-ring (bicyclic) bond motifs is 1. The van der Waals surface area contributed by atoms with Crippen LogP contribution in [0.4, 0.5) is 19.0 Å². The third-order valence-electron chi connectivity index (χ3n) is 6.57. The molecule has 35 heavy (non-hydrogen) atoms. The number of hydrogen-bond donors (Lipinski definition) is 3. The van der Waals surface area contributed by atoms with Crippen molar-refractivity contribution in [3.05, 3.63) is 71.4 Å². The maximum atomic E-state index is 12.8. The first-order chi connectivity index (χ1) is 16.8. The molecule has 184 valence electrons. The molecule has 1 saturated heterocycles. The van der Waals surface area contributed by atoms with Crippen LogP contribution in [0.3, 0.4) is 0 Å². The van der Waals surface area contributed by atoms with Gasteiger partial charge in [-0.2, -0.15) is 13.2 Å². The fraction of sp³-hybridized carbons (Fsp3) is 0.346. The third-order valence-corrected chi connectivity index (χ3v) is 6.57. The van der Waals surface area contributed by atoms with Gasteiger partial charge in [0.1, 0.15) is 12.0 Å². The van der Waals surface area contributed by atoms with E-state index in [4.69, 9.17) is 10.5 Å². The van der Waals surface area contributed by atoms with Crippen LogP contribution in [0.2, 0.25) is 0 Å². The molecule has 0 saturated carbocycles. The maximum Gasteiger partial charge on any atom is 0.401 e. The zero-order valence-corrected chi connectivity index (χ0v) is 19.1. The molecule has 1 fully saturated rings. The van der Waals surface area contributed by atoms with Gasteiger partial charge < -0.3 is 15.6 Å². The maximum absolute atomic E-state index is 12.8. The zero-order chi connectivity index (χ0) is 24.6. The second kappa shape index (κ2) is 9.58. The topological polar surface area (TPSA) is 83.6 Å². The lowest BCUT2D eigenvalue weighted by atomic mass is 9.93. The molecule has 9 heteroatoms. The lowest BCUT2D eigenvalue weighted by Gasteiger charge is -2.33. The number of nitrogen functional groups attached to an aromatic ring is 1. The molecule has 0 bridgehead atoms. The standard InChI is InChI=1S/C26H27F3N4O2/c27-26(28,29)15-33-9-10-35-23(14-33)17-3-1-16(2-4-17)20-12-22(24(30)32-13-20)18-5-6-21-19(11-18)7-8-31-25(21)34/h1-6,11-13,23,25,31,34H,7-10,14-15H2,(H2,30,32). The molecular formula is C26H27F3N4O2. The Bertz CT molecular complexity index is 1200. The van der Waals surface area contributed by atoms with Crippen LogP contribution in [0.25, 0.3) is 22.3 Å². The quantitative estimate of drug-likeness (QED) is 0.518. The number of hydrogen-bond acceptors (Lipinski definition) is 6. The van der Waals surface area contributed by atoms with E-state index in [1.54, 1.807) is 6.20 Å². The first-order valence-corrected chi connectivity index (χ1v) is 11.6. The number of ether oxygens (including phenoxy) is 1. The second-order valence-electron chi connectivity index (χ2n) is 9.01. The van der Waals surface area contributed by atoms with Crippen LogP contribution in [-0.4, -0.2) is 54.0 Å². The molecule has 3 heterocycles. The number of halogens is 3. The summed E-state index contributed by atoms with van der Waals surface area (Å²) in [5.74, 6) is 0.417. The van der Waals surface area contributed by atoms with Gasteiger partial charge in [-0.1, -0.05) is 42.5 Å². The average molecular weight is 485 g/mol. The largest absolute Gasteiger partial charge is 0.401 e. The summed E-state index contributed by atoms with van der Waals surface area (Å²) in [6, 6.07) is 15.5. The van der Waals surface area contributed by atoms with E-state index in [0.717, 1.165) is 45.4 Å². The van der Waals surface area contributed by atoms with Crippen LogP contribution in [0, 0.1) is 0 Å². The van der Waals surface area contributed by atoms with E-state index in [0.29, 0.717) is 12.4 Å². The molecule has 0 amide bonds. The normalized spacial score (nSPS) is 21.0. The highest BCUT2D eigenvalue weighted by Gasteiger charge is 2.33. The number of nitrogens with zero attached hydrogens (tertiary/aromatic N) is 2. The SMILES string of the molecule is Nc1ncc(-c2ccc(C3CN(CC(F)(F)F)CCO3)cc2)cc1-c1ccc2c(c1)CCNC2O. The van der Waals surface area contributed by atoms with Gasteiger partial charge in [0, 0.05) is 37.0 Å². The van der Waals surface area contributed by atoms with Crippen molar-refractivity contribution >= 4 is 5.82 Å². The zero-order valence-electron chi connectivity index (χ0n) is 19.1. The summed E-state index contributed by atoms with van der Waals surface area (Å²) in [5, 5.41) is 13.2. The Kier molecular flexibility index (Phi) is 6.50. The summed E-state index contributed by atoms with van der Waals surface area (Å²) in [6.07, 6.45) is -2.76. The summed E-state index contributed by atoms with van der Waals surface area (Å²) in [4.78, 5) is 5.77. The van der Waals surface area contributed by atoms with Gasteiger partial charge in [0.15, 0.2) is 0 Å². The predicted octanol–water partition coefficient (Wildman–Crippen LogP) is 4.07. The summed E-state index contributed by atoms with van der Waals surface area (Å²) in [5.41, 5.74) is 12.5. The molecule has 2 aliphatic heterocycles. The lowest BCUT2D eigenvalue weighted by Crippen LogP contribution is -2.43. The molecule has 0 radical (unpaired) electrons. The van der Waals surface area contributed by atoms with Crippen molar-refractivity contribution in [3.63, 3.8) is 0 Å². The number of aliphatic hydroxyl groups excluding tert-OH is 1. The Morgan fingerprint density at radius 1 is 1.09 bits per heavy atom. The molecule has 0 aliphatic carbocycles. The number of pyridine rings is 1. The van der Waals surface area contributed by atoms with Gasteiger partial charge in [0.05, 0.1) is 19.3 Å². The van der Waals surface area contributed by atoms with Gasteiger partial charge in [-0.15, -0.1) is 0 Å². The number of alkyl halides is 3. The van der Waals surface area contributed by atoms with Gasteiger partial charge in [-0.05, 0) is 40.3 Å². The van der Waals surface area contributed by atoms with E-state index in [2.05, 4.69) is 10.3 Å². The Hall–Kier alpha value is -2.98. The number of nitrogens with two attached hydrogens (primary N) is 1. The highest BCUT2D eigenvalue weighted by atomic mass is 19.4. The molecule has 4 N–H and O–H groups in total. The van der Waals surface area contributed by atoms with Crippen LogP contribution < -0.4 is 11.1 Å². The Morgan fingerprint density at radius 2 is 1.86 bits per heavy atom. The Labute approximate surface area is 201 Å². The number of anilines is 1. The highest BCUT2D eigenvalue weighted by Crippen LogP contribution is 2.33. The third kappa shape index (κ3) is 5.33. The Balaban J connectivity index is 1.36. The smallest absolute Gasteiger partial charge is 0.383 e. The second-order valence-corrected chi connectivity index (χ2v) is 9.01. The van der Waals surface area contributed by atoms with Gasteiger partial charge >= 0.3 is 6.18 Å². The summed E-state index contributed by atoms with van der Waals surface area (Å²) < 4.78 is 44.1. The van der Waals surface area contributed by atoms with E-state index >= 15 is 0 Å². The minimum absolute atomic E-state index is 0.203. The Morgan fingerprint density at radius 3 is 2.63 bits per heavy atom. The number of benzene rings is 2. The van der Waals surface area contributed by atoms with Gasteiger partial charge in [0.25, 0.3) is 0 Å². The van der Waals surface area contributed by atoms with E-state index in [1.165, 1.54) is 4.90 Å². The van der Waals surface area contributed by atoms with Crippen molar-refractivity contribution in [1.29, 1.82) is 0 Å². The number of aliphatic hydroxyl groups is 1. The number of rotatable bonds is 4. The molecule has 3 aromatic rings. The van der Waals surface area contributed by atoms with Crippen LogP contribution in [0.1, 0.15) is 29.0 Å². The van der Waals surface area contributed by atoms with Crippen LogP contribution in [0.5, 0.6) is 0 Å². The molecule has 2 aromatic carbocycles. The molecule has 2 atom stereocenters. The monoisotopic (exact) mass is 484 g/mol. The first kappa shape index (κ1) is 23.7. The number of morpholine rings is 1. The molecule has 1 aromatic heterocycles. The van der Waals surface area contributed by atoms with E-state index in [9.17, 15) is 18.3 Å². The fourth-order valence-electron chi connectivity index (χ4n) is 4.77. The van der Waals surface area contributed by atoms with Crippen LogP contribution in [-0.2, 0) is 11.2 Å². The lowest BCUT2D eigenvalue weighted by molar-refractivity contribution is -0.159. The first-order valence-electron chi connectivity index (χ1n) is 11.6.